The molecule has 0 aliphatic heterocycles. The van der Waals surface area contributed by atoms with Gasteiger partial charge in [0, 0.05) is 24.2 Å². The lowest BCUT2D eigenvalue weighted by molar-refractivity contribution is 0.918. The molecule has 0 fully saturated rings. The van der Waals surface area contributed by atoms with E-state index in [0.29, 0.717) is 0 Å². The Morgan fingerprint density at radius 3 is 2.67 bits per heavy atom. The number of hydrogen-bond acceptors (Lipinski definition) is 4. The van der Waals surface area contributed by atoms with Crippen LogP contribution in [-0.2, 0) is 6.54 Å². The zero-order valence-electron chi connectivity index (χ0n) is 12.3. The van der Waals surface area contributed by atoms with E-state index in [2.05, 4.69) is 17.9 Å². The van der Waals surface area contributed by atoms with Crippen LogP contribution in [0.25, 0.3) is 0 Å². The third-order valence-corrected chi connectivity index (χ3v) is 4.14. The Hall–Kier alpha value is -2.12. The minimum atomic E-state index is 0.722. The first-order chi connectivity index (χ1) is 10.2. The summed E-state index contributed by atoms with van der Waals surface area (Å²) >= 11 is 1.70. The number of nitriles is 1. The molecule has 2 rings (SSSR count). The van der Waals surface area contributed by atoms with Gasteiger partial charge in [-0.15, -0.1) is 11.8 Å². The molecule has 0 heterocycles. The van der Waals surface area contributed by atoms with Crippen molar-refractivity contribution in [3.05, 3.63) is 53.6 Å². The largest absolute Gasteiger partial charge is 0.399 e. The van der Waals surface area contributed by atoms with E-state index in [1.807, 2.05) is 49.5 Å². The molecule has 21 heavy (non-hydrogen) atoms. The molecule has 0 atom stereocenters. The summed E-state index contributed by atoms with van der Waals surface area (Å²) in [6.07, 6.45) is 0. The first kappa shape index (κ1) is 15.3. The molecule has 0 bridgehead atoms. The summed E-state index contributed by atoms with van der Waals surface area (Å²) in [6.45, 7) is 2.81. The number of rotatable bonds is 5. The number of nitrogens with zero attached hydrogens (tertiary/aromatic N) is 2. The van der Waals surface area contributed by atoms with Gasteiger partial charge in [0.15, 0.2) is 0 Å². The highest BCUT2D eigenvalue weighted by atomic mass is 32.2. The maximum Gasteiger partial charge on any atom is 0.103 e. The van der Waals surface area contributed by atoms with E-state index in [0.717, 1.165) is 39.7 Å². The second-order valence-corrected chi connectivity index (χ2v) is 6.10. The second-order valence-electron chi connectivity index (χ2n) is 4.80. The second kappa shape index (κ2) is 7.05. The van der Waals surface area contributed by atoms with E-state index in [1.165, 1.54) is 0 Å². The normalized spacial score (nSPS) is 10.1. The summed E-state index contributed by atoms with van der Waals surface area (Å²) in [6, 6.07) is 16.2. The number of anilines is 2. The van der Waals surface area contributed by atoms with Gasteiger partial charge in [0.05, 0.1) is 11.3 Å². The fraction of sp³-hybridized carbons (Fsp3) is 0.235. The van der Waals surface area contributed by atoms with Crippen LogP contribution < -0.4 is 10.6 Å². The van der Waals surface area contributed by atoms with Gasteiger partial charge in [0.25, 0.3) is 0 Å². The monoisotopic (exact) mass is 297 g/mol. The van der Waals surface area contributed by atoms with Gasteiger partial charge in [-0.3, -0.25) is 0 Å². The van der Waals surface area contributed by atoms with Crippen LogP contribution in [0.15, 0.2) is 47.4 Å². The standard InChI is InChI=1S/C17H19N3S/c1-3-21-17-9-5-8-16(15(17)11-18)20(2)12-13-6-4-7-14(19)10-13/h4-10H,3,12,19H2,1-2H3. The predicted molar refractivity (Wildman–Crippen MR) is 90.5 cm³/mol. The SMILES string of the molecule is CCSc1cccc(N(C)Cc2cccc(N)c2)c1C#N. The molecule has 2 aromatic carbocycles. The quantitative estimate of drug-likeness (QED) is 0.672. The van der Waals surface area contributed by atoms with Gasteiger partial charge in [-0.2, -0.15) is 5.26 Å². The van der Waals surface area contributed by atoms with E-state index in [1.54, 1.807) is 11.8 Å². The molecule has 4 heteroatoms. The summed E-state index contributed by atoms with van der Waals surface area (Å²) in [7, 11) is 2.00. The summed E-state index contributed by atoms with van der Waals surface area (Å²) in [5.41, 5.74) is 9.42. The van der Waals surface area contributed by atoms with Gasteiger partial charge < -0.3 is 10.6 Å². The van der Waals surface area contributed by atoms with Crippen molar-refractivity contribution in [2.45, 2.75) is 18.4 Å². The van der Waals surface area contributed by atoms with Gasteiger partial charge in [-0.1, -0.05) is 25.1 Å². The molecule has 0 spiro atoms. The van der Waals surface area contributed by atoms with Crippen LogP contribution in [0, 0.1) is 11.3 Å². The topological polar surface area (TPSA) is 53.0 Å². The summed E-state index contributed by atoms with van der Waals surface area (Å²) < 4.78 is 0. The van der Waals surface area contributed by atoms with Crippen molar-refractivity contribution in [2.24, 2.45) is 0 Å². The van der Waals surface area contributed by atoms with Crippen LogP contribution in [0.1, 0.15) is 18.1 Å². The fourth-order valence-corrected chi connectivity index (χ4v) is 3.06. The Balaban J connectivity index is 2.29. The molecule has 0 aromatic heterocycles. The highest BCUT2D eigenvalue weighted by Gasteiger charge is 2.12. The van der Waals surface area contributed by atoms with Gasteiger partial charge in [0.2, 0.25) is 0 Å². The van der Waals surface area contributed by atoms with E-state index < -0.39 is 0 Å². The molecule has 2 N–H and O–H groups in total. The number of nitrogens with two attached hydrogens (primary N) is 1. The molecule has 0 saturated carbocycles. The van der Waals surface area contributed by atoms with Crippen LogP contribution in [0.4, 0.5) is 11.4 Å². The zero-order valence-corrected chi connectivity index (χ0v) is 13.2. The molecule has 0 amide bonds. The number of thioether (sulfide) groups is 1. The van der Waals surface area contributed by atoms with Crippen LogP contribution in [0.2, 0.25) is 0 Å². The maximum atomic E-state index is 9.47. The van der Waals surface area contributed by atoms with Crippen LogP contribution in [0.5, 0.6) is 0 Å². The Morgan fingerprint density at radius 2 is 2.00 bits per heavy atom. The zero-order chi connectivity index (χ0) is 15.2. The summed E-state index contributed by atoms with van der Waals surface area (Å²) in [5.74, 6) is 0.955. The average molecular weight is 297 g/mol. The van der Waals surface area contributed by atoms with Crippen molar-refractivity contribution in [1.82, 2.24) is 0 Å². The van der Waals surface area contributed by atoms with Crippen molar-refractivity contribution < 1.29 is 0 Å². The molecule has 0 radical (unpaired) electrons. The van der Waals surface area contributed by atoms with E-state index in [4.69, 9.17) is 5.73 Å². The van der Waals surface area contributed by atoms with Gasteiger partial charge in [0.1, 0.15) is 6.07 Å². The Labute approximate surface area is 130 Å². The lowest BCUT2D eigenvalue weighted by Crippen LogP contribution is -2.17. The lowest BCUT2D eigenvalue weighted by atomic mass is 10.1. The molecule has 0 unspecified atom stereocenters. The van der Waals surface area contributed by atoms with Gasteiger partial charge >= 0.3 is 0 Å². The molecule has 0 saturated heterocycles. The minimum absolute atomic E-state index is 0.722. The van der Waals surface area contributed by atoms with E-state index >= 15 is 0 Å². The summed E-state index contributed by atoms with van der Waals surface area (Å²) in [5, 5.41) is 9.47. The summed E-state index contributed by atoms with van der Waals surface area (Å²) in [4.78, 5) is 3.13. The van der Waals surface area contributed by atoms with Crippen LogP contribution >= 0.6 is 11.8 Å². The Kier molecular flexibility index (Phi) is 5.13. The Morgan fingerprint density at radius 1 is 1.24 bits per heavy atom. The average Bonchev–Trinajstić information content (AvgIpc) is 2.47. The number of benzene rings is 2. The molecule has 0 aliphatic carbocycles. The lowest BCUT2D eigenvalue weighted by Gasteiger charge is -2.22. The van der Waals surface area contributed by atoms with Crippen molar-refractivity contribution >= 4 is 23.1 Å². The van der Waals surface area contributed by atoms with Crippen molar-refractivity contribution in [1.29, 1.82) is 5.26 Å². The minimum Gasteiger partial charge on any atom is -0.399 e. The number of hydrogen-bond donors (Lipinski definition) is 1. The van der Waals surface area contributed by atoms with Crippen LogP contribution in [-0.4, -0.2) is 12.8 Å². The van der Waals surface area contributed by atoms with E-state index in [9.17, 15) is 5.26 Å². The van der Waals surface area contributed by atoms with Gasteiger partial charge in [-0.25, -0.2) is 0 Å². The molecule has 0 aliphatic rings. The van der Waals surface area contributed by atoms with Crippen LogP contribution in [0.3, 0.4) is 0 Å². The highest BCUT2D eigenvalue weighted by Crippen LogP contribution is 2.30. The molecular weight excluding hydrogens is 278 g/mol. The first-order valence-corrected chi connectivity index (χ1v) is 7.85. The fourth-order valence-electron chi connectivity index (χ4n) is 2.28. The van der Waals surface area contributed by atoms with Crippen molar-refractivity contribution in [2.75, 3.05) is 23.4 Å². The predicted octanol–water partition coefficient (Wildman–Crippen LogP) is 3.89. The Bertz CT molecular complexity index is 661. The smallest absolute Gasteiger partial charge is 0.103 e. The van der Waals surface area contributed by atoms with Crippen molar-refractivity contribution in [3.8, 4) is 6.07 Å². The van der Waals surface area contributed by atoms with E-state index in [-0.39, 0.29) is 0 Å². The first-order valence-electron chi connectivity index (χ1n) is 6.87. The molecular formula is C17H19N3S. The molecule has 2 aromatic rings. The van der Waals surface area contributed by atoms with Crippen molar-refractivity contribution in [3.63, 3.8) is 0 Å². The van der Waals surface area contributed by atoms with Gasteiger partial charge in [-0.05, 0) is 35.6 Å². The third kappa shape index (κ3) is 3.71. The molecule has 3 nitrogen and oxygen atoms in total. The highest BCUT2D eigenvalue weighted by molar-refractivity contribution is 7.99. The number of nitrogen functional groups attached to an aromatic ring is 1. The maximum absolute atomic E-state index is 9.47. The molecule has 108 valence electrons. The third-order valence-electron chi connectivity index (χ3n) is 3.20.